The van der Waals surface area contributed by atoms with Gasteiger partial charge in [0.1, 0.15) is 0 Å². The maximum Gasteiger partial charge on any atom is 0.312 e. The highest BCUT2D eigenvalue weighted by atomic mass is 35.5. The molecule has 0 aliphatic carbocycles. The maximum atomic E-state index is 12.3. The number of hydrogen-bond donors (Lipinski definition) is 1. The number of hydrogen-bond acceptors (Lipinski definition) is 5. The largest absolute Gasteiger partial charge is 0.486 e. The number of piperidine rings is 1. The molecule has 2 rings (SSSR count). The molecule has 8 heteroatoms. The van der Waals surface area contributed by atoms with Gasteiger partial charge < -0.3 is 15.0 Å². The van der Waals surface area contributed by atoms with Gasteiger partial charge in [0.05, 0.1) is 18.0 Å². The predicted molar refractivity (Wildman–Crippen MR) is 96.1 cm³/mol. The van der Waals surface area contributed by atoms with Crippen molar-refractivity contribution in [1.82, 2.24) is 10.2 Å². The van der Waals surface area contributed by atoms with Crippen molar-refractivity contribution in [3.63, 3.8) is 0 Å². The summed E-state index contributed by atoms with van der Waals surface area (Å²) in [5, 5.41) is 14.6. The summed E-state index contributed by atoms with van der Waals surface area (Å²) in [6, 6.07) is 4.23. The first-order chi connectivity index (χ1) is 12.0. The molecule has 0 spiro atoms. The van der Waals surface area contributed by atoms with E-state index in [1.807, 2.05) is 4.90 Å². The Hall–Kier alpha value is -1.86. The van der Waals surface area contributed by atoms with Gasteiger partial charge in [-0.25, -0.2) is 0 Å². The molecule has 25 heavy (non-hydrogen) atoms. The van der Waals surface area contributed by atoms with Crippen LogP contribution in [0.4, 0.5) is 5.69 Å². The average molecular weight is 370 g/mol. The predicted octanol–water partition coefficient (Wildman–Crippen LogP) is 2.87. The number of nitro groups is 1. The van der Waals surface area contributed by atoms with E-state index < -0.39 is 4.92 Å². The summed E-state index contributed by atoms with van der Waals surface area (Å²) in [5.74, 6) is 0.780. The summed E-state index contributed by atoms with van der Waals surface area (Å²) in [6.07, 6.45) is 2.21. The van der Waals surface area contributed by atoms with E-state index in [1.54, 1.807) is 0 Å². The van der Waals surface area contributed by atoms with Crippen LogP contribution in [0.2, 0.25) is 5.02 Å². The lowest BCUT2D eigenvalue weighted by Gasteiger charge is -2.32. The lowest BCUT2D eigenvalue weighted by Crippen LogP contribution is -2.41. The number of nitrogens with zero attached hydrogens (tertiary/aromatic N) is 2. The third-order valence-corrected chi connectivity index (χ3v) is 4.58. The Morgan fingerprint density at radius 1 is 1.44 bits per heavy atom. The van der Waals surface area contributed by atoms with Crippen LogP contribution in [-0.2, 0) is 4.79 Å². The van der Waals surface area contributed by atoms with Crippen LogP contribution in [0.3, 0.4) is 0 Å². The Balaban J connectivity index is 1.77. The summed E-state index contributed by atoms with van der Waals surface area (Å²) in [4.78, 5) is 24.6. The Bertz CT molecular complexity index is 604. The molecule has 0 unspecified atom stereocenters. The fourth-order valence-electron chi connectivity index (χ4n) is 2.90. The van der Waals surface area contributed by atoms with Crippen LogP contribution >= 0.6 is 11.6 Å². The van der Waals surface area contributed by atoms with E-state index in [4.69, 9.17) is 16.3 Å². The van der Waals surface area contributed by atoms with E-state index in [2.05, 4.69) is 12.2 Å². The molecule has 0 bridgehead atoms. The zero-order chi connectivity index (χ0) is 18.2. The van der Waals surface area contributed by atoms with E-state index in [9.17, 15) is 14.9 Å². The molecule has 1 aromatic carbocycles. The summed E-state index contributed by atoms with van der Waals surface area (Å²) >= 11 is 5.77. The number of ether oxygens (including phenoxy) is 1. The maximum absolute atomic E-state index is 12.3. The first kappa shape index (κ1) is 19.5. The zero-order valence-corrected chi connectivity index (χ0v) is 15.1. The van der Waals surface area contributed by atoms with Gasteiger partial charge in [0.2, 0.25) is 5.91 Å². The van der Waals surface area contributed by atoms with Crippen molar-refractivity contribution in [3.05, 3.63) is 33.3 Å². The van der Waals surface area contributed by atoms with Crippen molar-refractivity contribution in [1.29, 1.82) is 0 Å². The molecule has 1 saturated heterocycles. The van der Waals surface area contributed by atoms with Crippen molar-refractivity contribution < 1.29 is 14.5 Å². The second-order valence-electron chi connectivity index (χ2n) is 6.10. The molecule has 138 valence electrons. The molecule has 0 radical (unpaired) electrons. The number of amides is 1. The molecule has 1 N–H and O–H groups in total. The molecule has 7 nitrogen and oxygen atoms in total. The van der Waals surface area contributed by atoms with Crippen LogP contribution in [0.5, 0.6) is 5.75 Å². The van der Waals surface area contributed by atoms with E-state index in [1.165, 1.54) is 18.2 Å². The second-order valence-corrected chi connectivity index (χ2v) is 6.54. The van der Waals surface area contributed by atoms with Crippen LogP contribution in [-0.4, -0.2) is 48.5 Å². The fraction of sp³-hybridized carbons (Fsp3) is 0.588. The van der Waals surface area contributed by atoms with Gasteiger partial charge in [-0.2, -0.15) is 0 Å². The van der Waals surface area contributed by atoms with Crippen molar-refractivity contribution in [2.75, 3.05) is 32.8 Å². The summed E-state index contributed by atoms with van der Waals surface area (Å²) in [5.41, 5.74) is -0.191. The van der Waals surface area contributed by atoms with Crippen molar-refractivity contribution >= 4 is 23.2 Å². The summed E-state index contributed by atoms with van der Waals surface area (Å²) < 4.78 is 5.43. The topological polar surface area (TPSA) is 84.7 Å². The molecular weight excluding hydrogens is 346 g/mol. The molecule has 1 heterocycles. The van der Waals surface area contributed by atoms with Crippen LogP contribution in [0, 0.1) is 16.0 Å². The molecule has 1 aromatic rings. The summed E-state index contributed by atoms with van der Waals surface area (Å²) in [7, 11) is 0. The van der Waals surface area contributed by atoms with Crippen LogP contribution < -0.4 is 10.1 Å². The smallest absolute Gasteiger partial charge is 0.312 e. The Morgan fingerprint density at radius 3 is 2.80 bits per heavy atom. The first-order valence-electron chi connectivity index (χ1n) is 8.56. The molecule has 0 saturated carbocycles. The number of carbonyl (C=O) groups is 1. The number of benzene rings is 1. The minimum absolute atomic E-state index is 0.0264. The van der Waals surface area contributed by atoms with Gasteiger partial charge in [-0.1, -0.05) is 18.5 Å². The fourth-order valence-corrected chi connectivity index (χ4v) is 3.06. The van der Waals surface area contributed by atoms with Crippen molar-refractivity contribution in [3.8, 4) is 5.75 Å². The highest BCUT2D eigenvalue weighted by Crippen LogP contribution is 2.30. The van der Waals surface area contributed by atoms with Crippen LogP contribution in [0.1, 0.15) is 26.2 Å². The normalized spacial score (nSPS) is 15.2. The number of nitrogens with one attached hydrogen (secondary N) is 1. The number of nitro benzene ring substituents is 1. The second kappa shape index (κ2) is 9.58. The van der Waals surface area contributed by atoms with E-state index in [0.29, 0.717) is 5.92 Å². The van der Waals surface area contributed by atoms with Gasteiger partial charge in [0.15, 0.2) is 5.75 Å². The highest BCUT2D eigenvalue weighted by Gasteiger charge is 2.22. The van der Waals surface area contributed by atoms with Gasteiger partial charge in [0, 0.05) is 24.2 Å². The SMILES string of the molecule is CCNCC1CCN(C(=O)CCOc2ccc(Cl)cc2[N+](=O)[O-])CC1. The Kier molecular flexibility index (Phi) is 7.46. The van der Waals surface area contributed by atoms with Gasteiger partial charge in [-0.3, -0.25) is 14.9 Å². The number of rotatable bonds is 8. The number of halogens is 1. The molecular formula is C17H24ClN3O4. The lowest BCUT2D eigenvalue weighted by atomic mass is 9.96. The Labute approximate surface area is 152 Å². The number of likely N-dealkylation sites (tertiary alicyclic amines) is 1. The standard InChI is InChI=1S/C17H24ClN3O4/c1-2-19-12-13-5-8-20(9-6-13)17(22)7-10-25-16-4-3-14(18)11-15(16)21(23)24/h3-4,11,13,19H,2,5-10,12H2,1H3. The minimum Gasteiger partial charge on any atom is -0.486 e. The zero-order valence-electron chi connectivity index (χ0n) is 14.4. The Morgan fingerprint density at radius 2 is 2.16 bits per heavy atom. The monoisotopic (exact) mass is 369 g/mol. The quantitative estimate of drug-likeness (QED) is 0.562. The highest BCUT2D eigenvalue weighted by molar-refractivity contribution is 6.30. The van der Waals surface area contributed by atoms with Gasteiger partial charge in [-0.15, -0.1) is 0 Å². The molecule has 1 fully saturated rings. The molecule has 1 aliphatic heterocycles. The molecule has 0 aromatic heterocycles. The van der Waals surface area contributed by atoms with E-state index in [0.717, 1.165) is 39.0 Å². The third kappa shape index (κ3) is 5.86. The van der Waals surface area contributed by atoms with Crippen LogP contribution in [0.15, 0.2) is 18.2 Å². The molecule has 0 atom stereocenters. The molecule has 1 amide bonds. The number of carbonyl (C=O) groups excluding carboxylic acids is 1. The average Bonchev–Trinajstić information content (AvgIpc) is 2.61. The third-order valence-electron chi connectivity index (χ3n) is 4.34. The minimum atomic E-state index is -0.544. The summed E-state index contributed by atoms with van der Waals surface area (Å²) in [6.45, 7) is 5.68. The van der Waals surface area contributed by atoms with Gasteiger partial charge in [0.25, 0.3) is 0 Å². The van der Waals surface area contributed by atoms with Crippen LogP contribution in [0.25, 0.3) is 0 Å². The van der Waals surface area contributed by atoms with Crippen molar-refractivity contribution in [2.45, 2.75) is 26.2 Å². The van der Waals surface area contributed by atoms with Crippen molar-refractivity contribution in [2.24, 2.45) is 5.92 Å². The van der Waals surface area contributed by atoms with Gasteiger partial charge in [-0.05, 0) is 44.0 Å². The van der Waals surface area contributed by atoms with E-state index >= 15 is 0 Å². The van der Waals surface area contributed by atoms with E-state index in [-0.39, 0.29) is 35.4 Å². The van der Waals surface area contributed by atoms with Gasteiger partial charge >= 0.3 is 5.69 Å². The molecule has 1 aliphatic rings. The lowest BCUT2D eigenvalue weighted by molar-refractivity contribution is -0.385. The first-order valence-corrected chi connectivity index (χ1v) is 8.94.